The summed E-state index contributed by atoms with van der Waals surface area (Å²) in [5.41, 5.74) is -0.0266. The van der Waals surface area contributed by atoms with Crippen LogP contribution in [0.4, 0.5) is 0 Å². The molecule has 2 aromatic carbocycles. The fraction of sp³-hybridized carbons (Fsp3) is 0.333. The lowest BCUT2D eigenvalue weighted by Gasteiger charge is -2.41. The van der Waals surface area contributed by atoms with E-state index in [0.29, 0.717) is 5.57 Å². The van der Waals surface area contributed by atoms with Gasteiger partial charge < -0.3 is 54.0 Å². The lowest BCUT2D eigenvalue weighted by atomic mass is 9.97. The van der Waals surface area contributed by atoms with E-state index in [1.807, 2.05) is 0 Å². The van der Waals surface area contributed by atoms with Crippen LogP contribution in [0.1, 0.15) is 27.6 Å². The van der Waals surface area contributed by atoms with Crippen molar-refractivity contribution in [1.82, 2.24) is 0 Å². The van der Waals surface area contributed by atoms with E-state index in [1.54, 1.807) is 6.92 Å². The van der Waals surface area contributed by atoms with Crippen LogP contribution in [-0.4, -0.2) is 93.1 Å². The van der Waals surface area contributed by atoms with Crippen LogP contribution in [0.25, 0.3) is 22.3 Å². The molecule has 1 fully saturated rings. The van der Waals surface area contributed by atoms with Gasteiger partial charge in [0.2, 0.25) is 0 Å². The lowest BCUT2D eigenvalue weighted by Crippen LogP contribution is -2.60. The number of cyclic esters (lactones) is 1. The highest BCUT2D eigenvalue weighted by Gasteiger charge is 2.49. The molecule has 3 aromatic rings. The lowest BCUT2D eigenvalue weighted by molar-refractivity contribution is -0.298. The zero-order valence-corrected chi connectivity index (χ0v) is 21.0. The van der Waals surface area contributed by atoms with E-state index in [0.717, 1.165) is 12.1 Å². The SMILES string of the molecule is C/C(=C/CO)CO[C@H]1O[C@H]2COC(=O)c3ccc(O)c4oc(-c5ccc(O)c(O)c5)c(c34)C(=O)O[C@@H]2[C@@H](O)[C@@H]1O. The second-order valence-corrected chi connectivity index (χ2v) is 9.38. The number of rotatable bonds is 5. The zero-order valence-electron chi connectivity index (χ0n) is 21.0. The summed E-state index contributed by atoms with van der Waals surface area (Å²) in [7, 11) is 0. The highest BCUT2D eigenvalue weighted by atomic mass is 16.7. The molecule has 3 heterocycles. The van der Waals surface area contributed by atoms with Crippen molar-refractivity contribution in [3.63, 3.8) is 0 Å². The molecule has 2 aliphatic rings. The molecular formula is C27H26O13. The van der Waals surface area contributed by atoms with Crippen molar-refractivity contribution in [1.29, 1.82) is 0 Å². The van der Waals surface area contributed by atoms with Gasteiger partial charge in [0.25, 0.3) is 0 Å². The summed E-state index contributed by atoms with van der Waals surface area (Å²) in [5, 5.41) is 60.7. The predicted octanol–water partition coefficient (Wildman–Crippen LogP) is 1.31. The first-order chi connectivity index (χ1) is 19.1. The van der Waals surface area contributed by atoms with Crippen molar-refractivity contribution in [2.75, 3.05) is 19.8 Å². The van der Waals surface area contributed by atoms with Gasteiger partial charge in [0.05, 0.1) is 24.2 Å². The van der Waals surface area contributed by atoms with Crippen LogP contribution in [0.2, 0.25) is 0 Å². The van der Waals surface area contributed by atoms with Gasteiger partial charge in [-0.2, -0.15) is 0 Å². The first-order valence-corrected chi connectivity index (χ1v) is 12.2. The molecule has 0 spiro atoms. The van der Waals surface area contributed by atoms with Gasteiger partial charge in [-0.25, -0.2) is 9.59 Å². The van der Waals surface area contributed by atoms with Crippen LogP contribution >= 0.6 is 0 Å². The Morgan fingerprint density at radius 1 is 1.02 bits per heavy atom. The van der Waals surface area contributed by atoms with Gasteiger partial charge in [0, 0.05) is 5.56 Å². The van der Waals surface area contributed by atoms with Crippen molar-refractivity contribution in [2.45, 2.75) is 37.6 Å². The molecule has 1 saturated heterocycles. The number of hydrogen-bond acceptors (Lipinski definition) is 13. The third-order valence-corrected chi connectivity index (χ3v) is 6.66. The minimum atomic E-state index is -1.74. The zero-order chi connectivity index (χ0) is 28.7. The molecule has 0 aliphatic carbocycles. The van der Waals surface area contributed by atoms with Crippen LogP contribution in [0.15, 0.2) is 46.4 Å². The first kappa shape index (κ1) is 27.4. The number of aliphatic hydroxyl groups is 3. The molecule has 2 aliphatic heterocycles. The summed E-state index contributed by atoms with van der Waals surface area (Å²) in [6.07, 6.45) is -6.12. The Bertz CT molecular complexity index is 1490. The average molecular weight is 558 g/mol. The van der Waals surface area contributed by atoms with Crippen molar-refractivity contribution in [2.24, 2.45) is 0 Å². The molecule has 0 bridgehead atoms. The topological polar surface area (TPSA) is 206 Å². The minimum absolute atomic E-state index is 0.0569. The Kier molecular flexibility index (Phi) is 7.40. The molecule has 6 N–H and O–H groups in total. The molecule has 0 amide bonds. The summed E-state index contributed by atoms with van der Waals surface area (Å²) in [6, 6.07) is 5.98. The molecule has 13 heteroatoms. The Balaban J connectivity index is 1.57. The Morgan fingerprint density at radius 2 is 1.77 bits per heavy atom. The normalized spacial score (nSPS) is 25.3. The van der Waals surface area contributed by atoms with E-state index in [4.69, 9.17) is 28.5 Å². The number of carbonyl (C=O) groups excluding carboxylic acids is 2. The number of carbonyl (C=O) groups is 2. The summed E-state index contributed by atoms with van der Waals surface area (Å²) < 4.78 is 28.1. The summed E-state index contributed by atoms with van der Waals surface area (Å²) in [5.74, 6) is -3.62. The fourth-order valence-electron chi connectivity index (χ4n) is 4.59. The molecule has 5 atom stereocenters. The van der Waals surface area contributed by atoms with Crippen LogP contribution in [0, 0.1) is 0 Å². The van der Waals surface area contributed by atoms with Crippen LogP contribution < -0.4 is 0 Å². The first-order valence-electron chi connectivity index (χ1n) is 12.2. The van der Waals surface area contributed by atoms with Crippen molar-refractivity contribution >= 4 is 22.9 Å². The van der Waals surface area contributed by atoms with Crippen molar-refractivity contribution < 1.29 is 63.6 Å². The summed E-state index contributed by atoms with van der Waals surface area (Å²) in [6.45, 7) is 0.886. The predicted molar refractivity (Wildman–Crippen MR) is 134 cm³/mol. The molecule has 0 radical (unpaired) electrons. The van der Waals surface area contributed by atoms with Crippen LogP contribution in [0.5, 0.6) is 17.2 Å². The van der Waals surface area contributed by atoms with Gasteiger partial charge in [0.15, 0.2) is 35.2 Å². The second kappa shape index (κ2) is 10.8. The maximum atomic E-state index is 13.7. The highest BCUT2D eigenvalue weighted by molar-refractivity contribution is 6.17. The number of aliphatic hydroxyl groups excluding tert-OH is 3. The van der Waals surface area contributed by atoms with Gasteiger partial charge in [-0.15, -0.1) is 0 Å². The van der Waals surface area contributed by atoms with E-state index < -0.39 is 66.5 Å². The summed E-state index contributed by atoms with van der Waals surface area (Å²) in [4.78, 5) is 26.8. The Morgan fingerprint density at radius 3 is 2.50 bits per heavy atom. The van der Waals surface area contributed by atoms with Gasteiger partial charge in [-0.05, 0) is 42.8 Å². The number of phenolic OH excluding ortho intramolecular Hbond substituents is 3. The number of furan rings is 1. The third kappa shape index (κ3) is 4.85. The molecule has 0 saturated carbocycles. The molecule has 212 valence electrons. The maximum Gasteiger partial charge on any atom is 0.343 e. The van der Waals surface area contributed by atoms with Crippen molar-refractivity contribution in [3.8, 4) is 28.6 Å². The number of aromatic hydroxyl groups is 3. The quantitative estimate of drug-likeness (QED) is 0.149. The van der Waals surface area contributed by atoms with Gasteiger partial charge in [-0.3, -0.25) is 0 Å². The van der Waals surface area contributed by atoms with E-state index in [2.05, 4.69) is 0 Å². The number of fused-ring (bicyclic) bond motifs is 1. The Hall–Kier alpha value is -4.14. The molecular weight excluding hydrogens is 532 g/mol. The highest BCUT2D eigenvalue weighted by Crippen LogP contribution is 2.43. The Labute approximate surface area is 226 Å². The van der Waals surface area contributed by atoms with E-state index in [9.17, 15) is 35.1 Å². The monoisotopic (exact) mass is 558 g/mol. The molecule has 0 unspecified atom stereocenters. The number of ether oxygens (including phenoxy) is 4. The van der Waals surface area contributed by atoms with Gasteiger partial charge in [-0.1, -0.05) is 6.08 Å². The smallest absolute Gasteiger partial charge is 0.343 e. The average Bonchev–Trinajstić information content (AvgIpc) is 3.33. The summed E-state index contributed by atoms with van der Waals surface area (Å²) >= 11 is 0. The molecule has 40 heavy (non-hydrogen) atoms. The van der Waals surface area contributed by atoms with Crippen LogP contribution in [-0.2, 0) is 18.9 Å². The number of benzene rings is 2. The van der Waals surface area contributed by atoms with E-state index >= 15 is 0 Å². The maximum absolute atomic E-state index is 13.7. The minimum Gasteiger partial charge on any atom is -0.504 e. The number of phenols is 3. The van der Waals surface area contributed by atoms with Gasteiger partial charge >= 0.3 is 11.9 Å². The van der Waals surface area contributed by atoms with Crippen molar-refractivity contribution in [3.05, 3.63) is 53.1 Å². The van der Waals surface area contributed by atoms with Gasteiger partial charge in [0.1, 0.15) is 36.2 Å². The molecule has 5 rings (SSSR count). The number of hydrogen-bond donors (Lipinski definition) is 6. The standard InChI is InChI=1S/C27H26O13/c1-11(6-7-28)9-37-27-21(33)20(32)24-17(38-27)10-36-25(34)13-3-5-15(30)23-18(13)19(26(35)40-24)22(39-23)12-2-4-14(29)16(31)8-12/h2-6,8,17,20-21,24,27-33H,7,9-10H2,1H3/b11-6-/t17-,20-,21-,24-,27-/m0/s1. The third-order valence-electron chi connectivity index (χ3n) is 6.66. The van der Waals surface area contributed by atoms with E-state index in [-0.39, 0.29) is 46.6 Å². The number of esters is 2. The molecule has 13 nitrogen and oxygen atoms in total. The largest absolute Gasteiger partial charge is 0.504 e. The molecule has 1 aromatic heterocycles. The second-order valence-electron chi connectivity index (χ2n) is 9.38. The fourth-order valence-corrected chi connectivity index (χ4v) is 4.59. The van der Waals surface area contributed by atoms with E-state index in [1.165, 1.54) is 24.3 Å². The van der Waals surface area contributed by atoms with Crippen LogP contribution in [0.3, 0.4) is 0 Å².